The molecule has 0 spiro atoms. The molecule has 0 fully saturated rings. The summed E-state index contributed by atoms with van der Waals surface area (Å²) in [5, 5.41) is 18.1. The molecule has 0 aliphatic heterocycles. The van der Waals surface area contributed by atoms with E-state index in [1.54, 1.807) is 0 Å². The fourth-order valence-corrected chi connectivity index (χ4v) is 1.68. The highest BCUT2D eigenvalue weighted by atomic mass is 79.9. The van der Waals surface area contributed by atoms with E-state index in [0.29, 0.717) is 0 Å². The first-order valence-corrected chi connectivity index (χ1v) is 6.03. The predicted octanol–water partition coefficient (Wildman–Crippen LogP) is 1.14. The zero-order valence-electron chi connectivity index (χ0n) is 9.83. The molecular weight excluding hydrogens is 316 g/mol. The van der Waals surface area contributed by atoms with Gasteiger partial charge in [-0.05, 0) is 11.0 Å². The average Bonchev–Trinajstić information content (AvgIpc) is 2.72. The zero-order chi connectivity index (χ0) is 13.8. The highest BCUT2D eigenvalue weighted by Crippen LogP contribution is 2.13. The molecule has 0 aliphatic carbocycles. The van der Waals surface area contributed by atoms with Gasteiger partial charge < -0.3 is 5.21 Å². The van der Waals surface area contributed by atoms with Crippen LogP contribution in [0.1, 0.15) is 21.7 Å². The molecular formula is C11H9BrN4O3. The summed E-state index contributed by atoms with van der Waals surface area (Å²) in [7, 11) is 0. The van der Waals surface area contributed by atoms with Crippen molar-refractivity contribution in [3.8, 4) is 0 Å². The SMILES string of the molecule is Cc1c(C(=O)NN=Cc2ccccc2Br)no[n+]1[O-]. The molecule has 0 bridgehead atoms. The Labute approximate surface area is 116 Å². The first-order valence-electron chi connectivity index (χ1n) is 5.24. The maximum absolute atomic E-state index is 11.6. The summed E-state index contributed by atoms with van der Waals surface area (Å²) in [6.45, 7) is 1.43. The molecule has 2 aromatic rings. The van der Waals surface area contributed by atoms with Crippen molar-refractivity contribution in [2.45, 2.75) is 6.92 Å². The van der Waals surface area contributed by atoms with E-state index < -0.39 is 5.91 Å². The molecule has 1 aromatic heterocycles. The number of hydrogen-bond donors (Lipinski definition) is 1. The van der Waals surface area contributed by atoms with Crippen LogP contribution in [-0.2, 0) is 0 Å². The minimum Gasteiger partial charge on any atom is -0.359 e. The second-order valence-electron chi connectivity index (χ2n) is 3.58. The van der Waals surface area contributed by atoms with Gasteiger partial charge >= 0.3 is 11.6 Å². The number of hydrogen-bond acceptors (Lipinski definition) is 5. The summed E-state index contributed by atoms with van der Waals surface area (Å²) >= 11 is 3.35. The topological polar surface area (TPSA) is 94.4 Å². The van der Waals surface area contributed by atoms with E-state index >= 15 is 0 Å². The molecule has 8 heteroatoms. The predicted molar refractivity (Wildman–Crippen MR) is 69.4 cm³/mol. The smallest absolute Gasteiger partial charge is 0.322 e. The molecule has 0 atom stereocenters. The average molecular weight is 325 g/mol. The molecule has 0 aliphatic rings. The number of amides is 1. The van der Waals surface area contributed by atoms with Gasteiger partial charge in [0.25, 0.3) is 0 Å². The van der Waals surface area contributed by atoms with Gasteiger partial charge in [0.1, 0.15) is 0 Å². The van der Waals surface area contributed by atoms with Gasteiger partial charge in [0.05, 0.1) is 11.4 Å². The second-order valence-corrected chi connectivity index (χ2v) is 4.44. The van der Waals surface area contributed by atoms with Crippen LogP contribution in [0.2, 0.25) is 0 Å². The number of nitrogens with zero attached hydrogens (tertiary/aromatic N) is 3. The standard InChI is InChI=1S/C11H9BrN4O3/c1-7-10(15-19-16(7)18)11(17)14-13-6-8-4-2-3-5-9(8)12/h2-6H,1H3,(H,14,17). The van der Waals surface area contributed by atoms with E-state index in [4.69, 9.17) is 0 Å². The lowest BCUT2D eigenvalue weighted by Crippen LogP contribution is -2.28. The number of halogens is 1. The molecule has 1 N–H and O–H groups in total. The zero-order valence-corrected chi connectivity index (χ0v) is 11.4. The summed E-state index contributed by atoms with van der Waals surface area (Å²) in [5.74, 6) is -0.612. The van der Waals surface area contributed by atoms with Crippen molar-refractivity contribution in [2.24, 2.45) is 5.10 Å². The molecule has 98 valence electrons. The molecule has 7 nitrogen and oxygen atoms in total. The largest absolute Gasteiger partial charge is 0.359 e. The van der Waals surface area contributed by atoms with Gasteiger partial charge in [-0.2, -0.15) is 5.10 Å². The van der Waals surface area contributed by atoms with Crippen molar-refractivity contribution in [2.75, 3.05) is 0 Å². The minimum absolute atomic E-state index is 0.0774. The van der Waals surface area contributed by atoms with Crippen LogP contribution in [-0.4, -0.2) is 17.3 Å². The van der Waals surface area contributed by atoms with E-state index in [1.807, 2.05) is 24.3 Å². The molecule has 0 radical (unpaired) electrons. The van der Waals surface area contributed by atoms with Gasteiger partial charge in [-0.15, -0.1) is 0 Å². The van der Waals surface area contributed by atoms with E-state index in [0.717, 1.165) is 10.0 Å². The lowest BCUT2D eigenvalue weighted by molar-refractivity contribution is -0.806. The van der Waals surface area contributed by atoms with E-state index in [9.17, 15) is 10.0 Å². The summed E-state index contributed by atoms with van der Waals surface area (Å²) in [4.78, 5) is 11.8. The normalized spacial score (nSPS) is 10.8. The Kier molecular flexibility index (Phi) is 3.91. The highest BCUT2D eigenvalue weighted by molar-refractivity contribution is 9.10. The van der Waals surface area contributed by atoms with Crippen LogP contribution in [0.4, 0.5) is 0 Å². The number of carbonyl (C=O) groups is 1. The van der Waals surface area contributed by atoms with Crippen molar-refractivity contribution >= 4 is 28.1 Å². The molecule has 19 heavy (non-hydrogen) atoms. The Morgan fingerprint density at radius 2 is 2.32 bits per heavy atom. The summed E-state index contributed by atoms with van der Waals surface area (Å²) in [6, 6.07) is 7.39. The van der Waals surface area contributed by atoms with Crippen molar-refractivity contribution < 1.29 is 14.3 Å². The number of carbonyl (C=O) groups excluding carboxylic acids is 1. The van der Waals surface area contributed by atoms with Gasteiger partial charge in [0.15, 0.2) is 0 Å². The molecule has 0 unspecified atom stereocenters. The molecule has 1 aromatic carbocycles. The lowest BCUT2D eigenvalue weighted by atomic mass is 10.2. The quantitative estimate of drug-likeness (QED) is 0.520. The van der Waals surface area contributed by atoms with Crippen molar-refractivity contribution in [3.63, 3.8) is 0 Å². The number of aromatic nitrogens is 2. The minimum atomic E-state index is -0.612. The third-order valence-corrected chi connectivity index (χ3v) is 3.04. The highest BCUT2D eigenvalue weighted by Gasteiger charge is 2.22. The third kappa shape index (κ3) is 2.97. The molecule has 0 saturated heterocycles. The number of rotatable bonds is 3. The fraction of sp³-hybridized carbons (Fsp3) is 0.0909. The Balaban J connectivity index is 2.05. The maximum atomic E-state index is 11.6. The van der Waals surface area contributed by atoms with Crippen LogP contribution in [0, 0.1) is 12.1 Å². The van der Waals surface area contributed by atoms with Crippen molar-refractivity contribution in [1.82, 2.24) is 10.6 Å². The van der Waals surface area contributed by atoms with Crippen LogP contribution >= 0.6 is 15.9 Å². The van der Waals surface area contributed by atoms with Gasteiger partial charge in [0.2, 0.25) is 5.69 Å². The summed E-state index contributed by atoms with van der Waals surface area (Å²) in [6.07, 6.45) is 1.47. The Bertz CT molecular complexity index is 639. The molecule has 0 saturated carbocycles. The van der Waals surface area contributed by atoms with Crippen LogP contribution in [0.5, 0.6) is 0 Å². The van der Waals surface area contributed by atoms with Gasteiger partial charge in [-0.1, -0.05) is 34.1 Å². The van der Waals surface area contributed by atoms with Gasteiger partial charge in [-0.25, -0.2) is 5.43 Å². The monoisotopic (exact) mass is 324 g/mol. The Morgan fingerprint density at radius 1 is 1.58 bits per heavy atom. The van der Waals surface area contributed by atoms with Crippen molar-refractivity contribution in [1.29, 1.82) is 0 Å². The Morgan fingerprint density at radius 3 is 2.95 bits per heavy atom. The number of nitrogens with one attached hydrogen (secondary N) is 1. The molecule has 2 rings (SSSR count). The van der Waals surface area contributed by atoms with Crippen LogP contribution in [0.15, 0.2) is 38.5 Å². The van der Waals surface area contributed by atoms with Crippen molar-refractivity contribution in [3.05, 3.63) is 50.9 Å². The Hall–Kier alpha value is -2.22. The fourth-order valence-electron chi connectivity index (χ4n) is 1.29. The molecule has 1 amide bonds. The third-order valence-electron chi connectivity index (χ3n) is 2.31. The van der Waals surface area contributed by atoms with Crippen LogP contribution in [0.25, 0.3) is 0 Å². The van der Waals surface area contributed by atoms with E-state index in [1.165, 1.54) is 13.1 Å². The maximum Gasteiger partial charge on any atom is 0.322 e. The summed E-state index contributed by atoms with van der Waals surface area (Å²) < 4.78 is 5.14. The van der Waals surface area contributed by atoms with Crippen LogP contribution in [0.3, 0.4) is 0 Å². The first kappa shape index (κ1) is 13.2. The molecule has 1 heterocycles. The number of benzene rings is 1. The lowest BCUT2D eigenvalue weighted by Gasteiger charge is -1.96. The van der Waals surface area contributed by atoms with Crippen LogP contribution < -0.4 is 10.3 Å². The first-order chi connectivity index (χ1) is 9.09. The summed E-state index contributed by atoms with van der Waals surface area (Å²) in [5.41, 5.74) is 3.05. The number of hydrazone groups is 1. The van der Waals surface area contributed by atoms with Gasteiger partial charge in [-0.3, -0.25) is 9.42 Å². The van der Waals surface area contributed by atoms with E-state index in [-0.39, 0.29) is 16.3 Å². The second kappa shape index (κ2) is 5.61. The van der Waals surface area contributed by atoms with Gasteiger partial charge in [0, 0.05) is 17.0 Å². The van der Waals surface area contributed by atoms with E-state index in [2.05, 4.69) is 36.2 Å².